The number of benzene rings is 3. The summed E-state index contributed by atoms with van der Waals surface area (Å²) in [5, 5.41) is 22.7. The lowest BCUT2D eigenvalue weighted by molar-refractivity contribution is -0.394. The smallest absolute Gasteiger partial charge is 0.339 e. The van der Waals surface area contributed by atoms with Gasteiger partial charge in [-0.25, -0.2) is 4.79 Å². The van der Waals surface area contributed by atoms with Crippen LogP contribution >= 0.6 is 0 Å². The fourth-order valence-corrected chi connectivity index (χ4v) is 4.82. The quantitative estimate of drug-likeness (QED) is 0.114. The van der Waals surface area contributed by atoms with Crippen molar-refractivity contribution in [2.45, 2.75) is 31.7 Å². The maximum Gasteiger partial charge on any atom is 0.339 e. The van der Waals surface area contributed by atoms with Crippen LogP contribution in [0.2, 0.25) is 0 Å². The largest absolute Gasteiger partial charge is 0.493 e. The standard InChI is InChI=1S/C30H22N2O10/c1-3-17-11-22-27(33)26-23(41-30(34)19-13-20(31(35)36)15-21(14-19)32(37)38)9-10-24(40-16-18-7-5-4-6-8-18)29(26)42-28(22)25(12-17)39-2/h1,4-8,11-15,23-24H,9-10,16H2,2H3/t23-,24-/m1/s1. The summed E-state index contributed by atoms with van der Waals surface area (Å²) in [7, 11) is 1.40. The van der Waals surface area contributed by atoms with E-state index >= 15 is 0 Å². The van der Waals surface area contributed by atoms with Gasteiger partial charge in [0.1, 0.15) is 18.0 Å². The predicted octanol–water partition coefficient (Wildman–Crippen LogP) is 5.55. The van der Waals surface area contributed by atoms with Crippen molar-refractivity contribution in [3.63, 3.8) is 0 Å². The maximum atomic E-state index is 13.9. The molecule has 12 nitrogen and oxygen atoms in total. The minimum atomic E-state index is -1.15. The van der Waals surface area contributed by atoms with Gasteiger partial charge in [0.15, 0.2) is 16.8 Å². The molecule has 1 heterocycles. The number of ether oxygens (including phenoxy) is 3. The van der Waals surface area contributed by atoms with E-state index in [9.17, 15) is 29.8 Å². The highest BCUT2D eigenvalue weighted by molar-refractivity contribution is 5.91. The lowest BCUT2D eigenvalue weighted by atomic mass is 9.90. The molecule has 0 unspecified atom stereocenters. The van der Waals surface area contributed by atoms with Crippen molar-refractivity contribution in [3.8, 4) is 18.1 Å². The minimum absolute atomic E-state index is 0.0105. The second kappa shape index (κ2) is 11.5. The third-order valence-corrected chi connectivity index (χ3v) is 6.82. The SMILES string of the molecule is C#Cc1cc(OC)c2oc3c(c(=O)c2c1)[C@H](OC(=O)c1cc([N+](=O)[O-])cc([N+](=O)[O-])c1)CC[C@H]3OCc1ccccc1. The van der Waals surface area contributed by atoms with E-state index in [4.69, 9.17) is 25.1 Å². The molecule has 0 aliphatic heterocycles. The number of rotatable bonds is 8. The molecular formula is C30H22N2O10. The number of nitro benzene ring substituents is 2. The number of nitrogens with zero attached hydrogens (tertiary/aromatic N) is 2. The number of hydrogen-bond donors (Lipinski definition) is 0. The van der Waals surface area contributed by atoms with Gasteiger partial charge in [0.25, 0.3) is 11.4 Å². The first kappa shape index (κ1) is 28.0. The molecule has 212 valence electrons. The van der Waals surface area contributed by atoms with Crippen LogP contribution in [-0.2, 0) is 16.1 Å². The van der Waals surface area contributed by atoms with Crippen LogP contribution in [0.4, 0.5) is 11.4 Å². The van der Waals surface area contributed by atoms with Crippen molar-refractivity contribution in [3.05, 3.63) is 119 Å². The maximum absolute atomic E-state index is 13.9. The molecule has 3 aromatic carbocycles. The number of nitro groups is 2. The molecule has 0 radical (unpaired) electrons. The first-order valence-electron chi connectivity index (χ1n) is 12.7. The van der Waals surface area contributed by atoms with Crippen molar-refractivity contribution >= 4 is 28.3 Å². The normalized spacial score (nSPS) is 15.8. The Bertz CT molecular complexity index is 1790. The second-order valence-electron chi connectivity index (χ2n) is 9.42. The molecule has 1 aliphatic rings. The molecule has 0 N–H and O–H groups in total. The van der Waals surface area contributed by atoms with Gasteiger partial charge in [0.2, 0.25) is 0 Å². The van der Waals surface area contributed by atoms with Gasteiger partial charge < -0.3 is 18.6 Å². The second-order valence-corrected chi connectivity index (χ2v) is 9.42. The zero-order valence-corrected chi connectivity index (χ0v) is 22.1. The molecule has 4 aromatic rings. The molecule has 42 heavy (non-hydrogen) atoms. The summed E-state index contributed by atoms with van der Waals surface area (Å²) in [4.78, 5) is 48.0. The van der Waals surface area contributed by atoms with Crippen LogP contribution in [0, 0.1) is 32.6 Å². The molecule has 0 fully saturated rings. The molecule has 2 atom stereocenters. The summed E-state index contributed by atoms with van der Waals surface area (Å²) in [6.07, 6.45) is 4.15. The summed E-state index contributed by atoms with van der Waals surface area (Å²) in [5.41, 5.74) is -0.871. The zero-order chi connectivity index (χ0) is 30.0. The van der Waals surface area contributed by atoms with Gasteiger partial charge >= 0.3 is 5.97 Å². The Morgan fingerprint density at radius 3 is 2.31 bits per heavy atom. The number of fused-ring (bicyclic) bond motifs is 2. The Hall–Kier alpha value is -5.54. The molecule has 1 aromatic heterocycles. The van der Waals surface area contributed by atoms with Gasteiger partial charge in [-0.2, -0.15) is 0 Å². The van der Waals surface area contributed by atoms with E-state index in [1.54, 1.807) is 6.07 Å². The van der Waals surface area contributed by atoms with E-state index in [0.29, 0.717) is 5.56 Å². The number of terminal acetylenes is 1. The third kappa shape index (κ3) is 5.41. The Labute approximate surface area is 237 Å². The highest BCUT2D eigenvalue weighted by atomic mass is 16.6. The van der Waals surface area contributed by atoms with Crippen molar-refractivity contribution in [1.82, 2.24) is 0 Å². The van der Waals surface area contributed by atoms with E-state index < -0.39 is 50.4 Å². The first-order valence-corrected chi connectivity index (χ1v) is 12.7. The summed E-state index contributed by atoms with van der Waals surface area (Å²) < 4.78 is 23.4. The number of hydrogen-bond acceptors (Lipinski definition) is 10. The lowest BCUT2D eigenvalue weighted by Crippen LogP contribution is -2.27. The Morgan fingerprint density at radius 1 is 1.02 bits per heavy atom. The Kier molecular flexibility index (Phi) is 7.68. The molecule has 12 heteroatoms. The highest BCUT2D eigenvalue weighted by Gasteiger charge is 2.37. The van der Waals surface area contributed by atoms with Crippen LogP contribution in [0.3, 0.4) is 0 Å². The average Bonchev–Trinajstić information content (AvgIpc) is 3.00. The van der Waals surface area contributed by atoms with Crippen LogP contribution in [0.15, 0.2) is 69.9 Å². The van der Waals surface area contributed by atoms with Gasteiger partial charge in [0.05, 0.1) is 46.1 Å². The average molecular weight is 571 g/mol. The number of carbonyl (C=O) groups is 1. The fraction of sp³-hybridized carbons (Fsp3) is 0.200. The molecular weight excluding hydrogens is 548 g/mol. The van der Waals surface area contributed by atoms with Crippen molar-refractivity contribution in [2.24, 2.45) is 0 Å². The Morgan fingerprint density at radius 2 is 1.69 bits per heavy atom. The summed E-state index contributed by atoms with van der Waals surface area (Å²) in [5.74, 6) is 1.73. The van der Waals surface area contributed by atoms with E-state index in [1.807, 2.05) is 30.3 Å². The van der Waals surface area contributed by atoms with E-state index in [0.717, 1.165) is 23.8 Å². The van der Waals surface area contributed by atoms with Crippen LogP contribution < -0.4 is 10.2 Å². The van der Waals surface area contributed by atoms with E-state index in [2.05, 4.69) is 5.92 Å². The molecule has 0 bridgehead atoms. The topological polar surface area (TPSA) is 161 Å². The molecule has 0 saturated carbocycles. The van der Waals surface area contributed by atoms with Crippen LogP contribution in [0.1, 0.15) is 57.9 Å². The number of carbonyl (C=O) groups excluding carboxylic acids is 1. The Balaban J connectivity index is 1.59. The van der Waals surface area contributed by atoms with Gasteiger partial charge in [-0.1, -0.05) is 36.3 Å². The van der Waals surface area contributed by atoms with E-state index in [-0.39, 0.29) is 47.5 Å². The van der Waals surface area contributed by atoms with Gasteiger partial charge in [-0.05, 0) is 30.5 Å². The fourth-order valence-electron chi connectivity index (χ4n) is 4.82. The molecule has 0 saturated heterocycles. The highest BCUT2D eigenvalue weighted by Crippen LogP contribution is 2.42. The van der Waals surface area contributed by atoms with Crippen LogP contribution in [0.5, 0.6) is 5.75 Å². The summed E-state index contributed by atoms with van der Waals surface area (Å²) >= 11 is 0. The van der Waals surface area contributed by atoms with E-state index in [1.165, 1.54) is 13.2 Å². The summed E-state index contributed by atoms with van der Waals surface area (Å²) in [6, 6.07) is 14.9. The monoisotopic (exact) mass is 570 g/mol. The number of esters is 1. The van der Waals surface area contributed by atoms with Crippen molar-refractivity contribution in [2.75, 3.05) is 7.11 Å². The van der Waals surface area contributed by atoms with Crippen LogP contribution in [-0.4, -0.2) is 22.9 Å². The molecule has 0 amide bonds. The third-order valence-electron chi connectivity index (χ3n) is 6.82. The van der Waals surface area contributed by atoms with Gasteiger partial charge in [-0.3, -0.25) is 25.0 Å². The van der Waals surface area contributed by atoms with Gasteiger partial charge in [-0.15, -0.1) is 6.42 Å². The molecule has 5 rings (SSSR count). The molecule has 1 aliphatic carbocycles. The van der Waals surface area contributed by atoms with Crippen molar-refractivity contribution < 1.29 is 33.3 Å². The van der Waals surface area contributed by atoms with Gasteiger partial charge in [0, 0.05) is 17.7 Å². The minimum Gasteiger partial charge on any atom is -0.493 e. The molecule has 0 spiro atoms. The van der Waals surface area contributed by atoms with Crippen LogP contribution in [0.25, 0.3) is 11.0 Å². The van der Waals surface area contributed by atoms with Crippen molar-refractivity contribution in [1.29, 1.82) is 0 Å². The first-order chi connectivity index (χ1) is 20.2. The zero-order valence-electron chi connectivity index (χ0n) is 22.1. The number of non-ortho nitro benzene ring substituents is 2. The predicted molar refractivity (Wildman–Crippen MR) is 148 cm³/mol. The lowest BCUT2D eigenvalue weighted by Gasteiger charge is -2.30. The number of methoxy groups -OCH3 is 1. The summed E-state index contributed by atoms with van der Waals surface area (Å²) in [6.45, 7) is 0.210.